The van der Waals surface area contributed by atoms with E-state index in [4.69, 9.17) is 9.47 Å². The summed E-state index contributed by atoms with van der Waals surface area (Å²) in [5.41, 5.74) is 1.58. The number of ether oxygens (including phenoxy) is 3. The third kappa shape index (κ3) is 7.79. The maximum atomic E-state index is 15.3. The van der Waals surface area contributed by atoms with Crippen LogP contribution >= 0.6 is 0 Å². The molecule has 1 fully saturated rings. The van der Waals surface area contributed by atoms with E-state index in [1.807, 2.05) is 31.2 Å². The topological polar surface area (TPSA) is 27.7 Å². The van der Waals surface area contributed by atoms with Crippen LogP contribution in [0, 0.1) is 17.5 Å². The number of hydrogen-bond donors (Lipinski definition) is 0. The molecule has 9 heteroatoms. The fourth-order valence-corrected chi connectivity index (χ4v) is 4.90. The standard InChI is InChI=1S/C31H32F6O3/c1-2-3-4-13-30(39-15-5-16-40-30)14-12-21-7-11-25-24(17-21)10-9-23(28(25)34)8-6-22-18-26(32)29(27(33)19-22)38-20-31(35,36)37/h2-3,7,9-11,17-19H,4-6,8,12-16,20H2,1H3/b3-2+. The number of fused-ring (bicyclic) bond motifs is 1. The Balaban J connectivity index is 1.42. The Morgan fingerprint density at radius 3 is 2.27 bits per heavy atom. The quantitative estimate of drug-likeness (QED) is 0.172. The second kappa shape index (κ2) is 13.1. The molecule has 1 aliphatic heterocycles. The van der Waals surface area contributed by atoms with E-state index in [0.29, 0.717) is 37.0 Å². The molecule has 4 rings (SSSR count). The van der Waals surface area contributed by atoms with Gasteiger partial charge in [0.05, 0.1) is 13.2 Å². The molecule has 216 valence electrons. The molecule has 3 aromatic carbocycles. The van der Waals surface area contributed by atoms with Crippen molar-refractivity contribution in [3.8, 4) is 5.75 Å². The molecule has 0 aliphatic carbocycles. The summed E-state index contributed by atoms with van der Waals surface area (Å²) in [7, 11) is 0. The van der Waals surface area contributed by atoms with Crippen LogP contribution in [0.5, 0.6) is 5.75 Å². The highest BCUT2D eigenvalue weighted by Gasteiger charge is 2.33. The smallest absolute Gasteiger partial charge is 0.422 e. The normalized spacial score (nSPS) is 15.7. The molecule has 0 bridgehead atoms. The van der Waals surface area contributed by atoms with Crippen LogP contribution in [-0.2, 0) is 28.7 Å². The summed E-state index contributed by atoms with van der Waals surface area (Å²) in [4.78, 5) is 0. The molecule has 0 radical (unpaired) electrons. The lowest BCUT2D eigenvalue weighted by Crippen LogP contribution is -2.41. The molecule has 1 heterocycles. The molecule has 3 nitrogen and oxygen atoms in total. The third-order valence-electron chi connectivity index (χ3n) is 6.96. The SMILES string of the molecule is C/C=C/CCC1(CCc2ccc3c(F)c(CCc4cc(F)c(OCC(F)(F)F)c(F)c4)ccc3c2)OCCCO1. The van der Waals surface area contributed by atoms with Crippen molar-refractivity contribution >= 4 is 10.8 Å². The molecule has 1 saturated heterocycles. The third-order valence-corrected chi connectivity index (χ3v) is 6.96. The first kappa shape index (κ1) is 29.9. The Kier molecular flexibility index (Phi) is 9.79. The van der Waals surface area contributed by atoms with Crippen LogP contribution in [0.3, 0.4) is 0 Å². The first-order chi connectivity index (χ1) is 19.1. The molecule has 0 atom stereocenters. The van der Waals surface area contributed by atoms with E-state index in [0.717, 1.165) is 42.3 Å². The molecule has 1 aliphatic rings. The monoisotopic (exact) mass is 566 g/mol. The first-order valence-electron chi connectivity index (χ1n) is 13.4. The van der Waals surface area contributed by atoms with Crippen molar-refractivity contribution in [1.29, 1.82) is 0 Å². The summed E-state index contributed by atoms with van der Waals surface area (Å²) >= 11 is 0. The van der Waals surface area contributed by atoms with Gasteiger partial charge in [0.1, 0.15) is 5.82 Å². The van der Waals surface area contributed by atoms with E-state index in [-0.39, 0.29) is 18.4 Å². The number of allylic oxidation sites excluding steroid dienone is 2. The molecule has 0 N–H and O–H groups in total. The van der Waals surface area contributed by atoms with Gasteiger partial charge in [0.25, 0.3) is 0 Å². The highest BCUT2D eigenvalue weighted by molar-refractivity contribution is 5.84. The summed E-state index contributed by atoms with van der Waals surface area (Å²) in [5, 5.41) is 1.16. The second-order valence-electron chi connectivity index (χ2n) is 9.96. The summed E-state index contributed by atoms with van der Waals surface area (Å²) in [6.45, 7) is 1.50. The molecule has 40 heavy (non-hydrogen) atoms. The van der Waals surface area contributed by atoms with Crippen molar-refractivity contribution in [2.75, 3.05) is 19.8 Å². The van der Waals surface area contributed by atoms with Crippen LogP contribution in [0.2, 0.25) is 0 Å². The molecule has 0 amide bonds. The molecular weight excluding hydrogens is 534 g/mol. The van der Waals surface area contributed by atoms with Crippen molar-refractivity contribution in [3.05, 3.63) is 88.8 Å². The lowest BCUT2D eigenvalue weighted by atomic mass is 9.96. The maximum Gasteiger partial charge on any atom is 0.422 e. The van der Waals surface area contributed by atoms with Gasteiger partial charge in [-0.1, -0.05) is 42.5 Å². The molecule has 0 spiro atoms. The van der Waals surface area contributed by atoms with Crippen LogP contribution in [0.25, 0.3) is 10.8 Å². The van der Waals surface area contributed by atoms with Gasteiger partial charge in [-0.05, 0) is 73.2 Å². The van der Waals surface area contributed by atoms with Gasteiger partial charge in [-0.15, -0.1) is 0 Å². The molecule has 3 aromatic rings. The predicted octanol–water partition coefficient (Wildman–Crippen LogP) is 8.41. The number of aryl methyl sites for hydroxylation is 3. The zero-order chi connectivity index (χ0) is 28.8. The van der Waals surface area contributed by atoms with Crippen LogP contribution in [0.1, 0.15) is 49.3 Å². The average molecular weight is 567 g/mol. The molecular formula is C31H32F6O3. The van der Waals surface area contributed by atoms with Crippen LogP contribution in [0.15, 0.2) is 54.6 Å². The number of rotatable bonds is 11. The fourth-order valence-electron chi connectivity index (χ4n) is 4.90. The summed E-state index contributed by atoms with van der Waals surface area (Å²) in [6.07, 6.45) is 3.49. The Morgan fingerprint density at radius 2 is 1.60 bits per heavy atom. The van der Waals surface area contributed by atoms with Crippen LogP contribution in [0.4, 0.5) is 26.3 Å². The Labute approximate surface area is 229 Å². The van der Waals surface area contributed by atoms with Gasteiger partial charge in [-0.2, -0.15) is 13.2 Å². The maximum absolute atomic E-state index is 15.3. The van der Waals surface area contributed by atoms with Crippen LogP contribution in [-0.4, -0.2) is 31.8 Å². The van der Waals surface area contributed by atoms with E-state index < -0.39 is 41.8 Å². The Morgan fingerprint density at radius 1 is 0.875 bits per heavy atom. The van der Waals surface area contributed by atoms with E-state index in [9.17, 15) is 22.0 Å². The van der Waals surface area contributed by atoms with Crippen molar-refractivity contribution < 1.29 is 40.6 Å². The van der Waals surface area contributed by atoms with Crippen LogP contribution < -0.4 is 4.74 Å². The minimum atomic E-state index is -4.72. The number of hydrogen-bond acceptors (Lipinski definition) is 3. The summed E-state index contributed by atoms with van der Waals surface area (Å²) in [5.74, 6) is -4.60. The Hall–Kier alpha value is -3.04. The minimum Gasteiger partial charge on any atom is -0.478 e. The van der Waals surface area contributed by atoms with Gasteiger partial charge in [-0.3, -0.25) is 0 Å². The van der Waals surface area contributed by atoms with Crippen molar-refractivity contribution in [1.82, 2.24) is 0 Å². The summed E-state index contributed by atoms with van der Waals surface area (Å²) < 4.78 is 97.1. The van der Waals surface area contributed by atoms with Gasteiger partial charge < -0.3 is 14.2 Å². The van der Waals surface area contributed by atoms with Crippen molar-refractivity contribution in [2.24, 2.45) is 0 Å². The second-order valence-corrected chi connectivity index (χ2v) is 9.96. The van der Waals surface area contributed by atoms with Gasteiger partial charge in [-0.25, -0.2) is 13.2 Å². The van der Waals surface area contributed by atoms with Gasteiger partial charge in [0.15, 0.2) is 29.8 Å². The number of benzene rings is 3. The number of alkyl halides is 3. The van der Waals surface area contributed by atoms with E-state index in [1.165, 1.54) is 0 Å². The average Bonchev–Trinajstić information content (AvgIpc) is 2.91. The minimum absolute atomic E-state index is 0.0865. The predicted molar refractivity (Wildman–Crippen MR) is 141 cm³/mol. The lowest BCUT2D eigenvalue weighted by Gasteiger charge is -2.37. The highest BCUT2D eigenvalue weighted by atomic mass is 19.4. The zero-order valence-corrected chi connectivity index (χ0v) is 22.3. The van der Waals surface area contributed by atoms with E-state index in [1.54, 1.807) is 12.1 Å². The molecule has 0 aromatic heterocycles. The van der Waals surface area contributed by atoms with Gasteiger partial charge in [0.2, 0.25) is 0 Å². The largest absolute Gasteiger partial charge is 0.478 e. The lowest BCUT2D eigenvalue weighted by molar-refractivity contribution is -0.272. The number of halogens is 6. The zero-order valence-electron chi connectivity index (χ0n) is 22.3. The van der Waals surface area contributed by atoms with Crippen molar-refractivity contribution in [2.45, 2.75) is 63.8 Å². The van der Waals surface area contributed by atoms with Crippen molar-refractivity contribution in [3.63, 3.8) is 0 Å². The first-order valence-corrected chi connectivity index (χ1v) is 13.4. The van der Waals surface area contributed by atoms with E-state index >= 15 is 4.39 Å². The van der Waals surface area contributed by atoms with Gasteiger partial charge >= 0.3 is 6.18 Å². The highest BCUT2D eigenvalue weighted by Crippen LogP contribution is 2.32. The fraction of sp³-hybridized carbons (Fsp3) is 0.419. The Bertz CT molecular complexity index is 1310. The summed E-state index contributed by atoms with van der Waals surface area (Å²) in [6, 6.07) is 10.8. The van der Waals surface area contributed by atoms with E-state index in [2.05, 4.69) is 10.8 Å². The van der Waals surface area contributed by atoms with Gasteiger partial charge in [0, 0.05) is 18.2 Å². The molecule has 0 unspecified atom stereocenters. The molecule has 0 saturated carbocycles.